The van der Waals surface area contributed by atoms with Crippen LogP contribution in [0.25, 0.3) is 0 Å². The Morgan fingerprint density at radius 2 is 2.11 bits per heavy atom. The van der Waals surface area contributed by atoms with Crippen molar-refractivity contribution in [2.24, 2.45) is 5.73 Å². The Labute approximate surface area is 117 Å². The SMILES string of the molecule is Cc1ccc(C(N)=S)c(NCc2sccc2C)c1. The molecule has 2 aromatic rings. The van der Waals surface area contributed by atoms with Gasteiger partial charge in [-0.15, -0.1) is 11.3 Å². The standard InChI is InChI=1S/C14H16N2S2/c1-9-3-4-11(14(15)17)12(7-9)16-8-13-10(2)5-6-18-13/h3-7,16H,8H2,1-2H3,(H2,15,17). The monoisotopic (exact) mass is 276 g/mol. The molecule has 0 radical (unpaired) electrons. The zero-order chi connectivity index (χ0) is 13.1. The van der Waals surface area contributed by atoms with Crippen molar-refractivity contribution in [3.05, 3.63) is 51.2 Å². The van der Waals surface area contributed by atoms with Gasteiger partial charge in [-0.1, -0.05) is 18.3 Å². The molecule has 94 valence electrons. The van der Waals surface area contributed by atoms with Crippen LogP contribution in [0, 0.1) is 13.8 Å². The van der Waals surface area contributed by atoms with Crippen molar-refractivity contribution in [2.75, 3.05) is 5.32 Å². The molecule has 2 nitrogen and oxygen atoms in total. The maximum atomic E-state index is 5.74. The number of aryl methyl sites for hydroxylation is 2. The van der Waals surface area contributed by atoms with E-state index >= 15 is 0 Å². The van der Waals surface area contributed by atoms with Gasteiger partial charge < -0.3 is 11.1 Å². The summed E-state index contributed by atoms with van der Waals surface area (Å²) in [5.74, 6) is 0. The van der Waals surface area contributed by atoms with Gasteiger partial charge in [-0.2, -0.15) is 0 Å². The fraction of sp³-hybridized carbons (Fsp3) is 0.214. The lowest BCUT2D eigenvalue weighted by molar-refractivity contribution is 1.16. The van der Waals surface area contributed by atoms with Gasteiger partial charge in [-0.3, -0.25) is 0 Å². The molecule has 0 bridgehead atoms. The molecular weight excluding hydrogens is 260 g/mol. The molecule has 0 saturated heterocycles. The second-order valence-electron chi connectivity index (χ2n) is 4.29. The maximum Gasteiger partial charge on any atom is 0.106 e. The molecule has 2 rings (SSSR count). The fourth-order valence-electron chi connectivity index (χ4n) is 1.78. The molecule has 0 saturated carbocycles. The largest absolute Gasteiger partial charge is 0.389 e. The summed E-state index contributed by atoms with van der Waals surface area (Å²) in [7, 11) is 0. The summed E-state index contributed by atoms with van der Waals surface area (Å²) >= 11 is 6.83. The Bertz CT molecular complexity index is 573. The van der Waals surface area contributed by atoms with Crippen molar-refractivity contribution in [3.63, 3.8) is 0 Å². The van der Waals surface area contributed by atoms with Gasteiger partial charge in [-0.05, 0) is 48.6 Å². The van der Waals surface area contributed by atoms with Gasteiger partial charge in [0.25, 0.3) is 0 Å². The minimum Gasteiger partial charge on any atom is -0.389 e. The van der Waals surface area contributed by atoms with Gasteiger partial charge in [-0.25, -0.2) is 0 Å². The van der Waals surface area contributed by atoms with Crippen LogP contribution in [0.15, 0.2) is 29.6 Å². The van der Waals surface area contributed by atoms with Crippen LogP contribution >= 0.6 is 23.6 Å². The zero-order valence-corrected chi connectivity index (χ0v) is 12.1. The average molecular weight is 276 g/mol. The summed E-state index contributed by atoms with van der Waals surface area (Å²) < 4.78 is 0. The van der Waals surface area contributed by atoms with Crippen molar-refractivity contribution in [2.45, 2.75) is 20.4 Å². The molecule has 0 amide bonds. The number of nitrogens with one attached hydrogen (secondary N) is 1. The summed E-state index contributed by atoms with van der Waals surface area (Å²) in [5.41, 5.74) is 10.2. The first-order valence-corrected chi connectivity index (χ1v) is 7.04. The topological polar surface area (TPSA) is 38.0 Å². The molecular formula is C14H16N2S2. The average Bonchev–Trinajstić information content (AvgIpc) is 2.72. The highest BCUT2D eigenvalue weighted by molar-refractivity contribution is 7.80. The van der Waals surface area contributed by atoms with Crippen LogP contribution in [0.1, 0.15) is 21.6 Å². The van der Waals surface area contributed by atoms with E-state index in [0.29, 0.717) is 4.99 Å². The third-order valence-electron chi connectivity index (χ3n) is 2.85. The molecule has 0 spiro atoms. The van der Waals surface area contributed by atoms with Crippen LogP contribution < -0.4 is 11.1 Å². The smallest absolute Gasteiger partial charge is 0.106 e. The van der Waals surface area contributed by atoms with Gasteiger partial charge in [0.2, 0.25) is 0 Å². The minimum absolute atomic E-state index is 0.431. The van der Waals surface area contributed by atoms with Gasteiger partial charge in [0.15, 0.2) is 0 Å². The molecule has 1 aromatic heterocycles. The maximum absolute atomic E-state index is 5.74. The van der Waals surface area contributed by atoms with Crippen LogP contribution in [0.4, 0.5) is 5.69 Å². The van der Waals surface area contributed by atoms with Gasteiger partial charge in [0.1, 0.15) is 4.99 Å². The molecule has 4 heteroatoms. The third-order valence-corrected chi connectivity index (χ3v) is 4.09. The number of anilines is 1. The normalized spacial score (nSPS) is 10.3. The molecule has 0 aliphatic heterocycles. The second-order valence-corrected chi connectivity index (χ2v) is 5.73. The highest BCUT2D eigenvalue weighted by atomic mass is 32.1. The van der Waals surface area contributed by atoms with Gasteiger partial charge in [0.05, 0.1) is 0 Å². The first-order chi connectivity index (χ1) is 8.58. The van der Waals surface area contributed by atoms with Crippen LogP contribution in [0.2, 0.25) is 0 Å². The minimum atomic E-state index is 0.431. The predicted molar refractivity (Wildman–Crippen MR) is 83.4 cm³/mol. The van der Waals surface area contributed by atoms with E-state index in [1.54, 1.807) is 11.3 Å². The Hall–Kier alpha value is -1.39. The van der Waals surface area contributed by atoms with E-state index in [2.05, 4.69) is 36.7 Å². The molecule has 0 aliphatic carbocycles. The first-order valence-electron chi connectivity index (χ1n) is 5.75. The number of thiocarbonyl (C=S) groups is 1. The molecule has 0 aliphatic rings. The van der Waals surface area contributed by atoms with Crippen molar-refractivity contribution in [3.8, 4) is 0 Å². The highest BCUT2D eigenvalue weighted by Crippen LogP contribution is 2.21. The lowest BCUT2D eigenvalue weighted by Gasteiger charge is -2.12. The molecule has 18 heavy (non-hydrogen) atoms. The van der Waals surface area contributed by atoms with Crippen molar-refractivity contribution in [1.82, 2.24) is 0 Å². The van der Waals surface area contributed by atoms with E-state index in [0.717, 1.165) is 17.8 Å². The van der Waals surface area contributed by atoms with Crippen LogP contribution in [0.5, 0.6) is 0 Å². The molecule has 0 atom stereocenters. The Morgan fingerprint density at radius 3 is 2.72 bits per heavy atom. The molecule has 0 fully saturated rings. The second kappa shape index (κ2) is 5.50. The summed E-state index contributed by atoms with van der Waals surface area (Å²) in [6.45, 7) is 4.99. The number of hydrogen-bond donors (Lipinski definition) is 2. The van der Waals surface area contributed by atoms with E-state index in [1.165, 1.54) is 16.0 Å². The quantitative estimate of drug-likeness (QED) is 0.838. The predicted octanol–water partition coefficient (Wildman–Crippen LogP) is 3.61. The van der Waals surface area contributed by atoms with Gasteiger partial charge >= 0.3 is 0 Å². The number of benzene rings is 1. The molecule has 1 heterocycles. The van der Waals surface area contributed by atoms with E-state index in [4.69, 9.17) is 18.0 Å². The van der Waals surface area contributed by atoms with Crippen molar-refractivity contribution in [1.29, 1.82) is 0 Å². The zero-order valence-electron chi connectivity index (χ0n) is 10.5. The van der Waals surface area contributed by atoms with Crippen molar-refractivity contribution < 1.29 is 0 Å². The molecule has 1 aromatic carbocycles. The van der Waals surface area contributed by atoms with Crippen LogP contribution in [-0.2, 0) is 6.54 Å². The molecule has 0 unspecified atom stereocenters. The third kappa shape index (κ3) is 2.89. The van der Waals surface area contributed by atoms with Crippen LogP contribution in [0.3, 0.4) is 0 Å². The summed E-state index contributed by atoms with van der Waals surface area (Å²) in [6.07, 6.45) is 0. The number of rotatable bonds is 4. The van der Waals surface area contributed by atoms with Crippen molar-refractivity contribution >= 4 is 34.2 Å². The lowest BCUT2D eigenvalue weighted by Crippen LogP contribution is -2.13. The number of nitrogens with two attached hydrogens (primary N) is 1. The van der Waals surface area contributed by atoms with E-state index in [1.807, 2.05) is 12.1 Å². The van der Waals surface area contributed by atoms with Gasteiger partial charge in [0, 0.05) is 22.7 Å². The first kappa shape index (κ1) is 13.1. The van der Waals surface area contributed by atoms with Crippen LogP contribution in [-0.4, -0.2) is 4.99 Å². The van der Waals surface area contributed by atoms with E-state index in [9.17, 15) is 0 Å². The summed E-state index contributed by atoms with van der Waals surface area (Å²) in [4.78, 5) is 1.77. The van der Waals surface area contributed by atoms with E-state index in [-0.39, 0.29) is 0 Å². The Kier molecular flexibility index (Phi) is 3.99. The lowest BCUT2D eigenvalue weighted by atomic mass is 10.1. The summed E-state index contributed by atoms with van der Waals surface area (Å²) in [5, 5.41) is 5.53. The Morgan fingerprint density at radius 1 is 1.33 bits per heavy atom. The highest BCUT2D eigenvalue weighted by Gasteiger charge is 2.06. The molecule has 3 N–H and O–H groups in total. The van der Waals surface area contributed by atoms with E-state index < -0.39 is 0 Å². The Balaban J connectivity index is 2.20. The number of thiophene rings is 1. The summed E-state index contributed by atoms with van der Waals surface area (Å²) in [6, 6.07) is 8.21. The fourth-order valence-corrected chi connectivity index (χ4v) is 2.80. The number of hydrogen-bond acceptors (Lipinski definition) is 3.